The molecule has 0 bridgehead atoms. The van der Waals surface area contributed by atoms with Crippen molar-refractivity contribution in [2.24, 2.45) is 0 Å². The van der Waals surface area contributed by atoms with Gasteiger partial charge in [0, 0.05) is 16.7 Å². The molecule has 0 amide bonds. The molecule has 2 aromatic rings. The molecule has 0 aliphatic heterocycles. The molecule has 2 aromatic carbocycles. The van der Waals surface area contributed by atoms with E-state index in [1.807, 2.05) is 38.1 Å². The van der Waals surface area contributed by atoms with Gasteiger partial charge >= 0.3 is 0 Å². The molecule has 0 atom stereocenters. The third kappa shape index (κ3) is 4.27. The largest absolute Gasteiger partial charge is 0.491 e. The molecule has 0 heterocycles. The van der Waals surface area contributed by atoms with Crippen molar-refractivity contribution in [1.82, 2.24) is 0 Å². The van der Waals surface area contributed by atoms with E-state index in [1.54, 1.807) is 0 Å². The summed E-state index contributed by atoms with van der Waals surface area (Å²) in [5.41, 5.74) is 3.60. The number of ether oxygens (including phenoxy) is 1. The van der Waals surface area contributed by atoms with E-state index in [-0.39, 0.29) is 6.10 Å². The van der Waals surface area contributed by atoms with Crippen LogP contribution in [-0.4, -0.2) is 6.10 Å². The molecular weight excluding hydrogens is 314 g/mol. The van der Waals surface area contributed by atoms with E-state index in [4.69, 9.17) is 4.74 Å². The van der Waals surface area contributed by atoms with Crippen molar-refractivity contribution in [1.29, 1.82) is 0 Å². The number of nitrogens with one attached hydrogen (secondary N) is 1. The van der Waals surface area contributed by atoms with Crippen LogP contribution in [0.4, 0.5) is 5.69 Å². The van der Waals surface area contributed by atoms with Crippen molar-refractivity contribution in [3.63, 3.8) is 0 Å². The van der Waals surface area contributed by atoms with Crippen LogP contribution < -0.4 is 10.1 Å². The van der Waals surface area contributed by atoms with Crippen LogP contribution in [0.1, 0.15) is 25.0 Å². The van der Waals surface area contributed by atoms with Gasteiger partial charge in [-0.05, 0) is 62.2 Å². The summed E-state index contributed by atoms with van der Waals surface area (Å²) in [5, 5.41) is 3.41. The topological polar surface area (TPSA) is 21.3 Å². The minimum atomic E-state index is 0.207. The molecule has 0 unspecified atom stereocenters. The number of benzene rings is 2. The van der Waals surface area contributed by atoms with Crippen LogP contribution in [-0.2, 0) is 6.54 Å². The summed E-state index contributed by atoms with van der Waals surface area (Å²) < 4.78 is 6.78. The zero-order chi connectivity index (χ0) is 14.5. The van der Waals surface area contributed by atoms with Crippen LogP contribution in [0.25, 0.3) is 0 Å². The van der Waals surface area contributed by atoms with E-state index in [1.165, 1.54) is 11.1 Å². The second-order valence-corrected chi connectivity index (χ2v) is 5.98. The van der Waals surface area contributed by atoms with Gasteiger partial charge in [-0.2, -0.15) is 0 Å². The third-order valence-corrected chi connectivity index (χ3v) is 3.81. The first-order valence-electron chi connectivity index (χ1n) is 6.80. The summed E-state index contributed by atoms with van der Waals surface area (Å²) in [5.74, 6) is 0.906. The minimum Gasteiger partial charge on any atom is -0.491 e. The van der Waals surface area contributed by atoms with Crippen LogP contribution in [0.2, 0.25) is 0 Å². The van der Waals surface area contributed by atoms with E-state index < -0.39 is 0 Å². The summed E-state index contributed by atoms with van der Waals surface area (Å²) >= 11 is 3.56. The molecule has 106 valence electrons. The number of rotatable bonds is 5. The summed E-state index contributed by atoms with van der Waals surface area (Å²) in [4.78, 5) is 0. The first-order chi connectivity index (χ1) is 9.54. The second kappa shape index (κ2) is 6.80. The lowest BCUT2D eigenvalue weighted by molar-refractivity contribution is 0.242. The third-order valence-electron chi connectivity index (χ3n) is 2.96. The average Bonchev–Trinajstić information content (AvgIpc) is 2.41. The first kappa shape index (κ1) is 14.9. The second-order valence-electron chi connectivity index (χ2n) is 5.13. The molecule has 1 N–H and O–H groups in total. The molecule has 0 aliphatic rings. The monoisotopic (exact) mass is 333 g/mol. The molecule has 0 spiro atoms. The highest BCUT2D eigenvalue weighted by Gasteiger charge is 2.00. The van der Waals surface area contributed by atoms with Gasteiger partial charge in [0.2, 0.25) is 0 Å². The van der Waals surface area contributed by atoms with E-state index in [9.17, 15) is 0 Å². The molecular formula is C17H20BrNO. The fraction of sp³-hybridized carbons (Fsp3) is 0.294. The lowest BCUT2D eigenvalue weighted by Gasteiger charge is -2.11. The van der Waals surface area contributed by atoms with Gasteiger partial charge in [0.25, 0.3) is 0 Å². The maximum absolute atomic E-state index is 5.63. The highest BCUT2D eigenvalue weighted by molar-refractivity contribution is 9.10. The Bertz CT molecular complexity index is 564. The molecule has 0 aliphatic carbocycles. The summed E-state index contributed by atoms with van der Waals surface area (Å²) in [6.45, 7) is 6.96. The normalized spacial score (nSPS) is 10.7. The van der Waals surface area contributed by atoms with Gasteiger partial charge in [-0.25, -0.2) is 0 Å². The lowest BCUT2D eigenvalue weighted by atomic mass is 10.1. The van der Waals surface area contributed by atoms with E-state index >= 15 is 0 Å². The maximum Gasteiger partial charge on any atom is 0.119 e. The summed E-state index contributed by atoms with van der Waals surface area (Å²) in [6.07, 6.45) is 0.207. The molecule has 0 fully saturated rings. The minimum absolute atomic E-state index is 0.207. The van der Waals surface area contributed by atoms with Gasteiger partial charge in [0.1, 0.15) is 5.75 Å². The fourth-order valence-corrected chi connectivity index (χ4v) is 2.30. The van der Waals surface area contributed by atoms with E-state index in [0.717, 1.165) is 22.5 Å². The Morgan fingerprint density at radius 2 is 1.80 bits per heavy atom. The van der Waals surface area contributed by atoms with Crippen molar-refractivity contribution in [3.8, 4) is 5.75 Å². The van der Waals surface area contributed by atoms with Crippen molar-refractivity contribution in [2.75, 3.05) is 5.32 Å². The van der Waals surface area contributed by atoms with Crippen LogP contribution in [0.3, 0.4) is 0 Å². The summed E-state index contributed by atoms with van der Waals surface area (Å²) in [6, 6.07) is 14.5. The molecule has 2 rings (SSSR count). The van der Waals surface area contributed by atoms with Crippen LogP contribution in [0, 0.1) is 6.92 Å². The average molecular weight is 334 g/mol. The molecule has 0 radical (unpaired) electrons. The van der Waals surface area contributed by atoms with Crippen LogP contribution in [0.15, 0.2) is 46.9 Å². The van der Waals surface area contributed by atoms with Gasteiger partial charge in [0.05, 0.1) is 6.10 Å². The number of halogens is 1. The molecule has 0 saturated carbocycles. The van der Waals surface area contributed by atoms with Gasteiger partial charge in [-0.3, -0.25) is 0 Å². The summed E-state index contributed by atoms with van der Waals surface area (Å²) in [7, 11) is 0. The molecule has 2 nitrogen and oxygen atoms in total. The standard InChI is InChI=1S/C17H20BrNO/c1-12(2)20-16-8-6-15(7-9-16)19-11-14-5-4-13(3)17(18)10-14/h4-10,12,19H,11H2,1-3H3. The Kier molecular flexibility index (Phi) is 5.07. The Labute approximate surface area is 129 Å². The van der Waals surface area contributed by atoms with Crippen LogP contribution >= 0.6 is 15.9 Å². The number of hydrogen-bond donors (Lipinski definition) is 1. The Hall–Kier alpha value is -1.48. The predicted octanol–water partition coefficient (Wildman–Crippen LogP) is 5.16. The fourth-order valence-electron chi connectivity index (χ4n) is 1.87. The highest BCUT2D eigenvalue weighted by Crippen LogP contribution is 2.20. The van der Waals surface area contributed by atoms with E-state index in [2.05, 4.69) is 46.4 Å². The molecule has 0 aromatic heterocycles. The quantitative estimate of drug-likeness (QED) is 0.816. The Morgan fingerprint density at radius 1 is 1.10 bits per heavy atom. The number of anilines is 1. The number of aryl methyl sites for hydroxylation is 1. The smallest absolute Gasteiger partial charge is 0.119 e. The van der Waals surface area contributed by atoms with Gasteiger partial charge in [-0.15, -0.1) is 0 Å². The van der Waals surface area contributed by atoms with Crippen molar-refractivity contribution in [3.05, 3.63) is 58.1 Å². The van der Waals surface area contributed by atoms with Crippen molar-refractivity contribution in [2.45, 2.75) is 33.4 Å². The zero-order valence-corrected chi connectivity index (χ0v) is 13.7. The molecule has 20 heavy (non-hydrogen) atoms. The van der Waals surface area contributed by atoms with Crippen molar-refractivity contribution < 1.29 is 4.74 Å². The molecule has 0 saturated heterocycles. The first-order valence-corrected chi connectivity index (χ1v) is 7.59. The maximum atomic E-state index is 5.63. The lowest BCUT2D eigenvalue weighted by Crippen LogP contribution is -2.05. The number of hydrogen-bond acceptors (Lipinski definition) is 2. The predicted molar refractivity (Wildman–Crippen MR) is 88.4 cm³/mol. The van der Waals surface area contributed by atoms with Gasteiger partial charge in [0.15, 0.2) is 0 Å². The highest BCUT2D eigenvalue weighted by atomic mass is 79.9. The Balaban J connectivity index is 1.95. The van der Waals surface area contributed by atoms with E-state index in [0.29, 0.717) is 0 Å². The molecule has 3 heteroatoms. The SMILES string of the molecule is Cc1ccc(CNc2ccc(OC(C)C)cc2)cc1Br. The van der Waals surface area contributed by atoms with Crippen molar-refractivity contribution >= 4 is 21.6 Å². The van der Waals surface area contributed by atoms with Crippen LogP contribution in [0.5, 0.6) is 5.75 Å². The Morgan fingerprint density at radius 3 is 2.40 bits per heavy atom. The van der Waals surface area contributed by atoms with Gasteiger partial charge in [-0.1, -0.05) is 28.1 Å². The van der Waals surface area contributed by atoms with Gasteiger partial charge < -0.3 is 10.1 Å². The zero-order valence-electron chi connectivity index (χ0n) is 12.1.